The number of rotatable bonds is 6. The van der Waals surface area contributed by atoms with Gasteiger partial charge in [0.25, 0.3) is 11.5 Å². The van der Waals surface area contributed by atoms with Crippen LogP contribution in [-0.2, 0) is 11.3 Å². The molecule has 2 N–H and O–H groups in total. The van der Waals surface area contributed by atoms with Crippen LogP contribution in [0.5, 0.6) is 0 Å². The van der Waals surface area contributed by atoms with Crippen LogP contribution >= 0.6 is 11.6 Å². The van der Waals surface area contributed by atoms with Crippen LogP contribution in [0.15, 0.2) is 23.0 Å². The molecule has 0 bridgehead atoms. The quantitative estimate of drug-likeness (QED) is 0.630. The van der Waals surface area contributed by atoms with E-state index >= 15 is 0 Å². The van der Waals surface area contributed by atoms with E-state index in [9.17, 15) is 14.4 Å². The van der Waals surface area contributed by atoms with Crippen molar-refractivity contribution < 1.29 is 9.59 Å². The molecule has 1 aromatic carbocycles. The SMILES string of the molecule is CCN(c1cc(Cl)cc(C(=O)NCc2c(C)cc(C)[nH]c2=O)c1C)C1CCC(=O)CC1(C)C. The highest BCUT2D eigenvalue weighted by atomic mass is 35.5. The second-order valence-electron chi connectivity index (χ2n) is 9.77. The molecule has 1 atom stereocenters. The molecule has 1 unspecified atom stereocenters. The molecule has 0 radical (unpaired) electrons. The second kappa shape index (κ2) is 9.72. The van der Waals surface area contributed by atoms with Gasteiger partial charge in [0, 0.05) is 59.5 Å². The second-order valence-corrected chi connectivity index (χ2v) is 10.2. The lowest BCUT2D eigenvalue weighted by molar-refractivity contribution is -0.123. The minimum absolute atomic E-state index is 0.136. The molecule has 1 heterocycles. The van der Waals surface area contributed by atoms with Gasteiger partial charge in [-0.05, 0) is 68.9 Å². The zero-order valence-corrected chi connectivity index (χ0v) is 21.2. The fraction of sp³-hybridized carbons (Fsp3) is 0.500. The Bertz CT molecular complexity index is 1140. The lowest BCUT2D eigenvalue weighted by Crippen LogP contribution is -2.49. The molecule has 1 fully saturated rings. The first-order chi connectivity index (χ1) is 15.4. The molecule has 2 aromatic rings. The van der Waals surface area contributed by atoms with E-state index in [-0.39, 0.29) is 29.5 Å². The molecule has 0 spiro atoms. The summed E-state index contributed by atoms with van der Waals surface area (Å²) in [6.07, 6.45) is 1.90. The summed E-state index contributed by atoms with van der Waals surface area (Å²) in [6, 6.07) is 5.63. The summed E-state index contributed by atoms with van der Waals surface area (Å²) in [5, 5.41) is 3.37. The number of ketones is 1. The number of amides is 1. The van der Waals surface area contributed by atoms with Crippen molar-refractivity contribution in [3.63, 3.8) is 0 Å². The van der Waals surface area contributed by atoms with E-state index in [1.54, 1.807) is 6.07 Å². The number of halogens is 1. The number of H-pyrrole nitrogens is 1. The summed E-state index contributed by atoms with van der Waals surface area (Å²) < 4.78 is 0. The Balaban J connectivity index is 1.91. The molecule has 1 aliphatic carbocycles. The number of hydrogen-bond donors (Lipinski definition) is 2. The Kier molecular flexibility index (Phi) is 7.37. The molecule has 1 amide bonds. The Hall–Kier alpha value is -2.60. The molecule has 1 saturated carbocycles. The van der Waals surface area contributed by atoms with Crippen molar-refractivity contribution in [2.24, 2.45) is 5.41 Å². The predicted octanol–water partition coefficient (Wildman–Crippen LogP) is 4.86. The molecule has 7 heteroatoms. The van der Waals surface area contributed by atoms with Gasteiger partial charge in [-0.15, -0.1) is 0 Å². The van der Waals surface area contributed by atoms with Crippen molar-refractivity contribution in [3.8, 4) is 0 Å². The number of pyridine rings is 1. The highest BCUT2D eigenvalue weighted by molar-refractivity contribution is 6.31. The maximum atomic E-state index is 13.1. The standard InChI is InChI=1S/C26H34ClN3O3/c1-7-30(23-9-8-19(31)13-26(23,5)6)22-12-18(27)11-20(17(22)4)24(32)28-14-21-15(2)10-16(3)29-25(21)33/h10-12,23H,7-9,13-14H2,1-6H3,(H,28,32)(H,29,33). The normalized spacial score (nSPS) is 17.7. The molecule has 3 rings (SSSR count). The maximum Gasteiger partial charge on any atom is 0.253 e. The van der Waals surface area contributed by atoms with E-state index in [1.807, 2.05) is 32.9 Å². The van der Waals surface area contributed by atoms with Crippen LogP contribution in [0.4, 0.5) is 5.69 Å². The molecule has 178 valence electrons. The van der Waals surface area contributed by atoms with E-state index in [4.69, 9.17) is 11.6 Å². The lowest BCUT2D eigenvalue weighted by atomic mass is 9.71. The Morgan fingerprint density at radius 2 is 1.91 bits per heavy atom. The van der Waals surface area contributed by atoms with Gasteiger partial charge in [-0.2, -0.15) is 0 Å². The third-order valence-electron chi connectivity index (χ3n) is 6.79. The summed E-state index contributed by atoms with van der Waals surface area (Å²) in [5.74, 6) is 0.0290. The molecule has 33 heavy (non-hydrogen) atoms. The number of aryl methyl sites for hydroxylation is 2. The molecule has 0 aliphatic heterocycles. The molecule has 1 aliphatic rings. The minimum atomic E-state index is -0.273. The highest BCUT2D eigenvalue weighted by Gasteiger charge is 2.39. The van der Waals surface area contributed by atoms with Gasteiger partial charge in [-0.25, -0.2) is 0 Å². The van der Waals surface area contributed by atoms with Crippen molar-refractivity contribution in [2.45, 2.75) is 73.4 Å². The van der Waals surface area contributed by atoms with Crippen molar-refractivity contribution in [3.05, 3.63) is 61.5 Å². The van der Waals surface area contributed by atoms with Gasteiger partial charge in [-0.3, -0.25) is 14.4 Å². The van der Waals surface area contributed by atoms with E-state index in [0.717, 1.165) is 35.5 Å². The summed E-state index contributed by atoms with van der Waals surface area (Å²) in [6.45, 7) is 12.8. The zero-order chi connectivity index (χ0) is 24.5. The Morgan fingerprint density at radius 1 is 1.21 bits per heavy atom. The molecule has 6 nitrogen and oxygen atoms in total. The topological polar surface area (TPSA) is 82.3 Å². The number of carbonyl (C=O) groups is 2. The largest absolute Gasteiger partial charge is 0.368 e. The van der Waals surface area contributed by atoms with Crippen LogP contribution in [0.1, 0.15) is 72.8 Å². The van der Waals surface area contributed by atoms with Gasteiger partial charge in [-0.1, -0.05) is 25.4 Å². The van der Waals surface area contributed by atoms with Gasteiger partial charge >= 0.3 is 0 Å². The Labute approximate surface area is 200 Å². The third-order valence-corrected chi connectivity index (χ3v) is 7.01. The van der Waals surface area contributed by atoms with E-state index in [1.165, 1.54) is 0 Å². The van der Waals surface area contributed by atoms with E-state index in [2.05, 4.69) is 36.0 Å². The summed E-state index contributed by atoms with van der Waals surface area (Å²) in [4.78, 5) is 42.6. The zero-order valence-electron chi connectivity index (χ0n) is 20.4. The molecular formula is C26H34ClN3O3. The van der Waals surface area contributed by atoms with E-state index in [0.29, 0.717) is 34.8 Å². The first-order valence-corrected chi connectivity index (χ1v) is 11.9. The molecular weight excluding hydrogens is 438 g/mol. The third kappa shape index (κ3) is 5.32. The maximum absolute atomic E-state index is 13.1. The monoisotopic (exact) mass is 471 g/mol. The summed E-state index contributed by atoms with van der Waals surface area (Å²) in [7, 11) is 0. The Morgan fingerprint density at radius 3 is 2.52 bits per heavy atom. The van der Waals surface area contributed by atoms with Crippen LogP contribution in [0.2, 0.25) is 5.02 Å². The number of carbonyl (C=O) groups excluding carboxylic acids is 2. The first-order valence-electron chi connectivity index (χ1n) is 11.5. The summed E-state index contributed by atoms with van der Waals surface area (Å²) >= 11 is 6.47. The van der Waals surface area contributed by atoms with Crippen LogP contribution in [-0.4, -0.2) is 29.3 Å². The first kappa shape index (κ1) is 25.0. The van der Waals surface area contributed by atoms with Crippen LogP contribution in [0, 0.1) is 26.2 Å². The molecule has 0 saturated heterocycles. The van der Waals surface area contributed by atoms with Crippen molar-refractivity contribution in [2.75, 3.05) is 11.4 Å². The van der Waals surface area contributed by atoms with Crippen LogP contribution in [0.3, 0.4) is 0 Å². The van der Waals surface area contributed by atoms with Gasteiger partial charge in [0.15, 0.2) is 0 Å². The molecule has 1 aromatic heterocycles. The summed E-state index contributed by atoms with van der Waals surface area (Å²) in [5.41, 5.74) is 4.03. The predicted molar refractivity (Wildman–Crippen MR) is 133 cm³/mol. The fourth-order valence-corrected chi connectivity index (χ4v) is 5.32. The van der Waals surface area contributed by atoms with Crippen LogP contribution < -0.4 is 15.8 Å². The smallest absolute Gasteiger partial charge is 0.253 e. The van der Waals surface area contributed by atoms with Gasteiger partial charge < -0.3 is 15.2 Å². The number of anilines is 1. The fourth-order valence-electron chi connectivity index (χ4n) is 5.10. The van der Waals surface area contributed by atoms with Crippen molar-refractivity contribution >= 4 is 29.0 Å². The lowest BCUT2D eigenvalue weighted by Gasteiger charge is -2.46. The minimum Gasteiger partial charge on any atom is -0.368 e. The average molecular weight is 472 g/mol. The van der Waals surface area contributed by atoms with E-state index < -0.39 is 0 Å². The number of Topliss-reactive ketones (excluding diaryl/α,β-unsaturated/α-hetero) is 1. The van der Waals surface area contributed by atoms with Crippen molar-refractivity contribution in [1.29, 1.82) is 0 Å². The number of aromatic nitrogens is 1. The number of aromatic amines is 1. The van der Waals surface area contributed by atoms with Gasteiger partial charge in [0.2, 0.25) is 0 Å². The number of hydrogen-bond acceptors (Lipinski definition) is 4. The number of nitrogens with one attached hydrogen (secondary N) is 2. The van der Waals surface area contributed by atoms with Gasteiger partial charge in [0.05, 0.1) is 0 Å². The number of nitrogens with zero attached hydrogens (tertiary/aromatic N) is 1. The van der Waals surface area contributed by atoms with Gasteiger partial charge in [0.1, 0.15) is 5.78 Å². The highest BCUT2D eigenvalue weighted by Crippen LogP contribution is 2.41. The number of benzene rings is 1. The van der Waals surface area contributed by atoms with Crippen LogP contribution in [0.25, 0.3) is 0 Å². The van der Waals surface area contributed by atoms with Crippen molar-refractivity contribution in [1.82, 2.24) is 10.3 Å². The average Bonchev–Trinajstić information content (AvgIpc) is 2.70.